The van der Waals surface area contributed by atoms with Gasteiger partial charge in [0.15, 0.2) is 18.2 Å². The fourth-order valence-corrected chi connectivity index (χ4v) is 1.49. The van der Waals surface area contributed by atoms with Gasteiger partial charge in [-0.25, -0.2) is 4.39 Å². The third kappa shape index (κ3) is 5.36. The predicted molar refractivity (Wildman–Crippen MR) is 67.9 cm³/mol. The lowest BCUT2D eigenvalue weighted by Crippen LogP contribution is -2.29. The molecule has 102 valence electrons. The van der Waals surface area contributed by atoms with Gasteiger partial charge < -0.3 is 15.8 Å². The molecule has 0 spiro atoms. The Labute approximate surface area is 111 Å². The van der Waals surface area contributed by atoms with Gasteiger partial charge in [-0.05, 0) is 31.0 Å². The average molecular weight is 265 g/mol. The molecule has 0 saturated heterocycles. The van der Waals surface area contributed by atoms with Gasteiger partial charge in [-0.15, -0.1) is 0 Å². The van der Waals surface area contributed by atoms with Gasteiger partial charge in [-0.3, -0.25) is 4.79 Å². The first-order valence-electron chi connectivity index (χ1n) is 5.83. The van der Waals surface area contributed by atoms with Crippen LogP contribution in [-0.2, 0) is 11.2 Å². The van der Waals surface area contributed by atoms with Crippen molar-refractivity contribution in [3.05, 3.63) is 29.6 Å². The highest BCUT2D eigenvalue weighted by Crippen LogP contribution is 2.18. The number of amides is 1. The maximum atomic E-state index is 13.7. The molecule has 1 amide bonds. The van der Waals surface area contributed by atoms with Gasteiger partial charge in [0.05, 0.1) is 6.07 Å². The Morgan fingerprint density at radius 2 is 2.37 bits per heavy atom. The number of nitrogens with zero attached hydrogens (tertiary/aromatic N) is 1. The second kappa shape index (κ2) is 7.34. The Morgan fingerprint density at radius 1 is 1.63 bits per heavy atom. The maximum absolute atomic E-state index is 13.7. The Hall–Kier alpha value is -2.13. The number of rotatable bonds is 6. The molecule has 1 rings (SSSR count). The normalized spacial score (nSPS) is 11.5. The molecule has 0 bridgehead atoms. The smallest absolute Gasteiger partial charge is 0.258 e. The summed E-state index contributed by atoms with van der Waals surface area (Å²) in [7, 11) is 0. The van der Waals surface area contributed by atoms with Crippen LogP contribution in [0.5, 0.6) is 5.75 Å². The van der Waals surface area contributed by atoms with Crippen LogP contribution in [0.1, 0.15) is 12.5 Å². The average Bonchev–Trinajstić information content (AvgIpc) is 2.34. The quantitative estimate of drug-likeness (QED) is 0.742. The van der Waals surface area contributed by atoms with Gasteiger partial charge in [0.25, 0.3) is 5.91 Å². The molecule has 0 fully saturated rings. The van der Waals surface area contributed by atoms with Crippen LogP contribution in [-0.4, -0.2) is 25.1 Å². The van der Waals surface area contributed by atoms with E-state index < -0.39 is 11.7 Å². The lowest BCUT2D eigenvalue weighted by Gasteiger charge is -2.09. The molecule has 0 aliphatic carbocycles. The van der Waals surface area contributed by atoms with Crippen molar-refractivity contribution >= 4 is 5.91 Å². The molecule has 0 heterocycles. The highest BCUT2D eigenvalue weighted by Gasteiger charge is 2.08. The minimum Gasteiger partial charge on any atom is -0.481 e. The standard InChI is InChI=1S/C13H16FN3O2/c1-9(16)6-10-2-3-12(11(14)7-10)19-8-13(18)17-5-4-15/h2-3,7,9H,5-6,8,16H2,1H3,(H,17,18). The number of carbonyl (C=O) groups excluding carboxylic acids is 1. The number of nitrogens with two attached hydrogens (primary N) is 1. The van der Waals surface area contributed by atoms with Crippen molar-refractivity contribution in [1.29, 1.82) is 5.26 Å². The summed E-state index contributed by atoms with van der Waals surface area (Å²) in [4.78, 5) is 11.2. The molecule has 1 aromatic carbocycles. The fraction of sp³-hybridized carbons (Fsp3) is 0.385. The summed E-state index contributed by atoms with van der Waals surface area (Å²) in [5.41, 5.74) is 6.40. The molecule has 19 heavy (non-hydrogen) atoms. The molecule has 6 heteroatoms. The lowest BCUT2D eigenvalue weighted by atomic mass is 10.1. The largest absolute Gasteiger partial charge is 0.481 e. The highest BCUT2D eigenvalue weighted by molar-refractivity contribution is 5.77. The van der Waals surface area contributed by atoms with Crippen LogP contribution in [0.3, 0.4) is 0 Å². The molecule has 1 unspecified atom stereocenters. The van der Waals surface area contributed by atoms with E-state index in [9.17, 15) is 9.18 Å². The monoisotopic (exact) mass is 265 g/mol. The number of halogens is 1. The molecule has 1 aromatic rings. The van der Waals surface area contributed by atoms with Crippen LogP contribution in [0.2, 0.25) is 0 Å². The summed E-state index contributed by atoms with van der Waals surface area (Å²) in [6, 6.07) is 6.21. The van der Waals surface area contributed by atoms with E-state index in [0.29, 0.717) is 6.42 Å². The van der Waals surface area contributed by atoms with Gasteiger partial charge in [-0.2, -0.15) is 5.26 Å². The number of hydrogen-bond acceptors (Lipinski definition) is 4. The van der Waals surface area contributed by atoms with Crippen molar-refractivity contribution < 1.29 is 13.9 Å². The number of hydrogen-bond donors (Lipinski definition) is 2. The van der Waals surface area contributed by atoms with E-state index in [0.717, 1.165) is 5.56 Å². The van der Waals surface area contributed by atoms with Crippen molar-refractivity contribution in [3.63, 3.8) is 0 Å². The van der Waals surface area contributed by atoms with Crippen molar-refractivity contribution in [3.8, 4) is 11.8 Å². The number of nitrogens with one attached hydrogen (secondary N) is 1. The molecule has 5 nitrogen and oxygen atoms in total. The van der Waals surface area contributed by atoms with Gasteiger partial charge in [-0.1, -0.05) is 6.07 Å². The third-order valence-electron chi connectivity index (χ3n) is 2.28. The first kappa shape index (κ1) is 14.9. The van der Waals surface area contributed by atoms with E-state index in [1.807, 2.05) is 6.92 Å². The van der Waals surface area contributed by atoms with Crippen molar-refractivity contribution in [2.45, 2.75) is 19.4 Å². The maximum Gasteiger partial charge on any atom is 0.258 e. The van der Waals surface area contributed by atoms with Crippen LogP contribution in [0, 0.1) is 17.1 Å². The molecular formula is C13H16FN3O2. The number of benzene rings is 1. The van der Waals surface area contributed by atoms with E-state index in [-0.39, 0.29) is 24.9 Å². The van der Waals surface area contributed by atoms with E-state index in [2.05, 4.69) is 5.32 Å². The first-order valence-corrected chi connectivity index (χ1v) is 5.83. The SMILES string of the molecule is CC(N)Cc1ccc(OCC(=O)NCC#N)c(F)c1. The summed E-state index contributed by atoms with van der Waals surface area (Å²) in [6.07, 6.45) is 0.569. The Balaban J connectivity index is 2.55. The third-order valence-corrected chi connectivity index (χ3v) is 2.28. The topological polar surface area (TPSA) is 88.1 Å². The zero-order valence-corrected chi connectivity index (χ0v) is 10.6. The van der Waals surface area contributed by atoms with Crippen LogP contribution < -0.4 is 15.8 Å². The minimum atomic E-state index is -0.536. The van der Waals surface area contributed by atoms with E-state index >= 15 is 0 Å². The summed E-state index contributed by atoms with van der Waals surface area (Å²) in [6.45, 7) is 1.41. The summed E-state index contributed by atoms with van der Waals surface area (Å²) >= 11 is 0. The molecular weight excluding hydrogens is 249 g/mol. The zero-order valence-electron chi connectivity index (χ0n) is 10.6. The van der Waals surface area contributed by atoms with E-state index in [1.54, 1.807) is 12.1 Å². The summed E-state index contributed by atoms with van der Waals surface area (Å²) in [5.74, 6) is -1.01. The molecule has 3 N–H and O–H groups in total. The summed E-state index contributed by atoms with van der Waals surface area (Å²) < 4.78 is 18.7. The second-order valence-corrected chi connectivity index (χ2v) is 4.17. The van der Waals surface area contributed by atoms with E-state index in [1.165, 1.54) is 12.1 Å². The lowest BCUT2D eigenvalue weighted by molar-refractivity contribution is -0.122. The second-order valence-electron chi connectivity index (χ2n) is 4.17. The molecule has 0 aromatic heterocycles. The predicted octanol–water partition coefficient (Wildman–Crippen LogP) is 0.734. The van der Waals surface area contributed by atoms with Crippen LogP contribution >= 0.6 is 0 Å². The number of nitriles is 1. The number of carbonyl (C=O) groups is 1. The summed E-state index contributed by atoms with van der Waals surface area (Å²) in [5, 5.41) is 10.6. The van der Waals surface area contributed by atoms with Crippen molar-refractivity contribution in [2.24, 2.45) is 5.73 Å². The Bertz CT molecular complexity index is 483. The van der Waals surface area contributed by atoms with Crippen molar-refractivity contribution in [1.82, 2.24) is 5.32 Å². The molecule has 0 aliphatic rings. The molecule has 0 radical (unpaired) electrons. The van der Waals surface area contributed by atoms with Gasteiger partial charge >= 0.3 is 0 Å². The van der Waals surface area contributed by atoms with Gasteiger partial charge in [0.1, 0.15) is 6.54 Å². The zero-order chi connectivity index (χ0) is 14.3. The van der Waals surface area contributed by atoms with E-state index in [4.69, 9.17) is 15.7 Å². The Kier molecular flexibility index (Phi) is 5.76. The van der Waals surface area contributed by atoms with Crippen molar-refractivity contribution in [2.75, 3.05) is 13.2 Å². The first-order chi connectivity index (χ1) is 9.02. The molecule has 1 atom stereocenters. The van der Waals surface area contributed by atoms with Crippen LogP contribution in [0.4, 0.5) is 4.39 Å². The minimum absolute atomic E-state index is 0.000493. The molecule has 0 saturated carbocycles. The van der Waals surface area contributed by atoms with Crippen LogP contribution in [0.25, 0.3) is 0 Å². The number of ether oxygens (including phenoxy) is 1. The fourth-order valence-electron chi connectivity index (χ4n) is 1.49. The highest BCUT2D eigenvalue weighted by atomic mass is 19.1. The van der Waals surface area contributed by atoms with Gasteiger partial charge in [0, 0.05) is 6.04 Å². The Morgan fingerprint density at radius 3 is 2.95 bits per heavy atom. The molecule has 0 aliphatic heterocycles. The van der Waals surface area contributed by atoms with Crippen LogP contribution in [0.15, 0.2) is 18.2 Å². The van der Waals surface area contributed by atoms with Gasteiger partial charge in [0.2, 0.25) is 0 Å².